The summed E-state index contributed by atoms with van der Waals surface area (Å²) in [5.41, 5.74) is 14.0. The molecule has 1 nitrogen and oxygen atoms in total. The number of hydrogen-bond acceptors (Lipinski definition) is 1. The lowest BCUT2D eigenvalue weighted by atomic mass is 9.84. The minimum Gasteiger partial charge on any atom is -0.399 e. The Kier molecular flexibility index (Phi) is 5.87. The molecule has 23 heavy (non-hydrogen) atoms. The monoisotopic (exact) mass is 309 g/mol. The smallest absolute Gasteiger partial charge is 0.0323 e. The number of nitrogens with two attached hydrogens (primary N) is 1. The van der Waals surface area contributed by atoms with Crippen molar-refractivity contribution >= 4 is 5.69 Å². The molecule has 0 aromatic heterocycles. The lowest BCUT2D eigenvalue weighted by Crippen LogP contribution is -2.04. The van der Waals surface area contributed by atoms with Gasteiger partial charge >= 0.3 is 0 Å². The molecule has 2 N–H and O–H groups in total. The number of aryl methyl sites for hydroxylation is 1. The van der Waals surface area contributed by atoms with E-state index in [4.69, 9.17) is 5.73 Å². The summed E-state index contributed by atoms with van der Waals surface area (Å²) >= 11 is 0. The van der Waals surface area contributed by atoms with Crippen molar-refractivity contribution in [3.8, 4) is 11.1 Å². The fraction of sp³-hybridized carbons (Fsp3) is 0.455. The largest absolute Gasteiger partial charge is 0.399 e. The summed E-state index contributed by atoms with van der Waals surface area (Å²) in [5, 5.41) is 0. The van der Waals surface area contributed by atoms with Gasteiger partial charge in [0.15, 0.2) is 0 Å². The van der Waals surface area contributed by atoms with E-state index in [0.29, 0.717) is 11.8 Å². The topological polar surface area (TPSA) is 26.0 Å². The Balaban J connectivity index is 2.59. The van der Waals surface area contributed by atoms with Gasteiger partial charge in [-0.2, -0.15) is 0 Å². The van der Waals surface area contributed by atoms with Crippen LogP contribution in [0.2, 0.25) is 0 Å². The second-order valence-electron chi connectivity index (χ2n) is 6.98. The maximum Gasteiger partial charge on any atom is 0.0323 e. The summed E-state index contributed by atoms with van der Waals surface area (Å²) in [6, 6.07) is 13.4. The van der Waals surface area contributed by atoms with E-state index in [-0.39, 0.29) is 0 Å². The normalized spacial score (nSPS) is 12.6. The van der Waals surface area contributed by atoms with Crippen LogP contribution in [0.15, 0.2) is 36.4 Å². The van der Waals surface area contributed by atoms with Crippen LogP contribution in [0.4, 0.5) is 5.69 Å². The van der Waals surface area contributed by atoms with Crippen LogP contribution in [-0.2, 0) is 6.42 Å². The van der Waals surface area contributed by atoms with Gasteiger partial charge in [-0.25, -0.2) is 0 Å². The lowest BCUT2D eigenvalue weighted by Gasteiger charge is -2.21. The van der Waals surface area contributed by atoms with Crippen molar-refractivity contribution in [3.63, 3.8) is 0 Å². The number of rotatable bonds is 6. The Morgan fingerprint density at radius 2 is 1.61 bits per heavy atom. The first-order valence-corrected chi connectivity index (χ1v) is 9.00. The number of anilines is 1. The lowest BCUT2D eigenvalue weighted by molar-refractivity contribution is 0.720. The molecule has 0 heterocycles. The molecular weight excluding hydrogens is 278 g/mol. The Bertz CT molecular complexity index is 638. The summed E-state index contributed by atoms with van der Waals surface area (Å²) in [6.45, 7) is 11.3. The van der Waals surface area contributed by atoms with E-state index >= 15 is 0 Å². The second kappa shape index (κ2) is 7.68. The molecule has 0 saturated carbocycles. The average Bonchev–Trinajstić information content (AvgIpc) is 2.54. The molecule has 2 aromatic carbocycles. The summed E-state index contributed by atoms with van der Waals surface area (Å²) in [4.78, 5) is 0. The molecule has 0 aliphatic rings. The summed E-state index contributed by atoms with van der Waals surface area (Å²) in [5.74, 6) is 1.12. The van der Waals surface area contributed by atoms with Crippen LogP contribution >= 0.6 is 0 Å². The third-order valence-corrected chi connectivity index (χ3v) is 4.80. The predicted octanol–water partition coefficient (Wildman–Crippen LogP) is 6.53. The Morgan fingerprint density at radius 3 is 2.13 bits per heavy atom. The third-order valence-electron chi connectivity index (χ3n) is 4.80. The number of nitrogen functional groups attached to an aromatic ring is 1. The minimum atomic E-state index is 0.553. The van der Waals surface area contributed by atoms with E-state index < -0.39 is 0 Å². The van der Waals surface area contributed by atoms with Crippen molar-refractivity contribution in [1.82, 2.24) is 0 Å². The van der Waals surface area contributed by atoms with E-state index in [1.807, 2.05) is 0 Å². The molecule has 124 valence electrons. The van der Waals surface area contributed by atoms with Gasteiger partial charge in [0.1, 0.15) is 0 Å². The molecular formula is C22H31N. The van der Waals surface area contributed by atoms with Crippen molar-refractivity contribution in [3.05, 3.63) is 53.1 Å². The maximum absolute atomic E-state index is 6.22. The van der Waals surface area contributed by atoms with E-state index in [2.05, 4.69) is 71.0 Å². The first-order chi connectivity index (χ1) is 11.0. The van der Waals surface area contributed by atoms with Gasteiger partial charge in [-0.05, 0) is 64.6 Å². The van der Waals surface area contributed by atoms with Gasteiger partial charge in [0.2, 0.25) is 0 Å². The fourth-order valence-electron chi connectivity index (χ4n) is 3.29. The van der Waals surface area contributed by atoms with Crippen LogP contribution in [0.5, 0.6) is 0 Å². The van der Waals surface area contributed by atoms with Crippen molar-refractivity contribution in [1.29, 1.82) is 0 Å². The van der Waals surface area contributed by atoms with Gasteiger partial charge in [0.05, 0.1) is 0 Å². The predicted molar refractivity (Wildman–Crippen MR) is 103 cm³/mol. The zero-order valence-corrected chi connectivity index (χ0v) is 15.3. The molecule has 2 rings (SSSR count). The van der Waals surface area contributed by atoms with Gasteiger partial charge in [0.25, 0.3) is 0 Å². The Hall–Kier alpha value is -1.76. The maximum atomic E-state index is 6.22. The SMILES string of the molecule is CCCc1cc(N)cc(-c2ccc(C(C)C)cc2)c1C(C)CC. The number of hydrogen-bond donors (Lipinski definition) is 1. The van der Waals surface area contributed by atoms with Crippen LogP contribution in [0.25, 0.3) is 11.1 Å². The standard InChI is InChI=1S/C22H31N/c1-6-8-19-13-20(23)14-21(22(19)16(5)7-2)18-11-9-17(10-12-18)15(3)4/h9-16H,6-8,23H2,1-5H3. The van der Waals surface area contributed by atoms with Crippen molar-refractivity contribution in [2.45, 2.75) is 65.7 Å². The molecule has 1 heteroatoms. The summed E-state index contributed by atoms with van der Waals surface area (Å²) < 4.78 is 0. The molecule has 0 radical (unpaired) electrons. The molecule has 0 amide bonds. The van der Waals surface area contributed by atoms with Gasteiger partial charge in [-0.15, -0.1) is 0 Å². The molecule has 1 atom stereocenters. The fourth-order valence-corrected chi connectivity index (χ4v) is 3.29. The van der Waals surface area contributed by atoms with Crippen LogP contribution in [0.1, 0.15) is 76.0 Å². The molecule has 0 bridgehead atoms. The third kappa shape index (κ3) is 3.96. The highest BCUT2D eigenvalue weighted by atomic mass is 14.5. The molecule has 2 aromatic rings. The Morgan fingerprint density at radius 1 is 0.957 bits per heavy atom. The van der Waals surface area contributed by atoms with Crippen LogP contribution in [-0.4, -0.2) is 0 Å². The van der Waals surface area contributed by atoms with E-state index in [9.17, 15) is 0 Å². The molecule has 0 aliphatic carbocycles. The second-order valence-corrected chi connectivity index (χ2v) is 6.98. The van der Waals surface area contributed by atoms with Crippen LogP contribution in [0, 0.1) is 0 Å². The van der Waals surface area contributed by atoms with Gasteiger partial charge in [-0.3, -0.25) is 0 Å². The van der Waals surface area contributed by atoms with E-state index in [1.54, 1.807) is 0 Å². The van der Waals surface area contributed by atoms with Crippen molar-refractivity contribution in [2.75, 3.05) is 5.73 Å². The van der Waals surface area contributed by atoms with Gasteiger partial charge < -0.3 is 5.73 Å². The first-order valence-electron chi connectivity index (χ1n) is 9.00. The van der Waals surface area contributed by atoms with E-state index in [0.717, 1.165) is 24.9 Å². The zero-order chi connectivity index (χ0) is 17.0. The van der Waals surface area contributed by atoms with Gasteiger partial charge in [0, 0.05) is 5.69 Å². The Labute approximate surface area is 141 Å². The minimum absolute atomic E-state index is 0.553. The molecule has 0 aliphatic heterocycles. The van der Waals surface area contributed by atoms with Gasteiger partial charge in [-0.1, -0.05) is 65.3 Å². The van der Waals surface area contributed by atoms with Crippen molar-refractivity contribution < 1.29 is 0 Å². The quantitative estimate of drug-likeness (QED) is 0.603. The highest BCUT2D eigenvalue weighted by Gasteiger charge is 2.16. The highest BCUT2D eigenvalue weighted by Crippen LogP contribution is 2.36. The first kappa shape index (κ1) is 17.6. The number of benzene rings is 2. The molecule has 0 saturated heterocycles. The van der Waals surface area contributed by atoms with Crippen LogP contribution < -0.4 is 5.73 Å². The summed E-state index contributed by atoms with van der Waals surface area (Å²) in [6.07, 6.45) is 3.40. The average molecular weight is 309 g/mol. The summed E-state index contributed by atoms with van der Waals surface area (Å²) in [7, 11) is 0. The highest BCUT2D eigenvalue weighted by molar-refractivity contribution is 5.74. The van der Waals surface area contributed by atoms with Crippen molar-refractivity contribution in [2.24, 2.45) is 0 Å². The molecule has 1 unspecified atom stereocenters. The zero-order valence-electron chi connectivity index (χ0n) is 15.3. The van der Waals surface area contributed by atoms with Crippen LogP contribution in [0.3, 0.4) is 0 Å². The van der Waals surface area contributed by atoms with E-state index in [1.165, 1.54) is 27.8 Å². The molecule has 0 spiro atoms. The molecule has 0 fully saturated rings.